The Bertz CT molecular complexity index is 641. The molecule has 114 valence electrons. The lowest BCUT2D eigenvalue weighted by Gasteiger charge is -2.12. The number of hydrogen-bond donors (Lipinski definition) is 2. The minimum atomic E-state index is -0.349. The number of thiophene rings is 1. The first-order valence-corrected chi connectivity index (χ1v) is 7.50. The summed E-state index contributed by atoms with van der Waals surface area (Å²) in [6, 6.07) is 4.65. The molecule has 4 nitrogen and oxygen atoms in total. The van der Waals surface area contributed by atoms with Gasteiger partial charge < -0.3 is 15.2 Å². The predicted octanol–water partition coefficient (Wildman–Crippen LogP) is 2.69. The van der Waals surface area contributed by atoms with Crippen LogP contribution in [-0.4, -0.2) is 30.8 Å². The number of ether oxygens (including phenoxy) is 1. The second kappa shape index (κ2) is 6.98. The molecule has 0 saturated heterocycles. The van der Waals surface area contributed by atoms with Gasteiger partial charge in [-0.25, -0.2) is 4.39 Å². The van der Waals surface area contributed by atoms with E-state index in [-0.39, 0.29) is 31.0 Å². The van der Waals surface area contributed by atoms with E-state index in [1.807, 2.05) is 6.92 Å². The van der Waals surface area contributed by atoms with Gasteiger partial charge in [0.2, 0.25) is 0 Å². The summed E-state index contributed by atoms with van der Waals surface area (Å²) in [6.45, 7) is 2.00. The molecule has 0 aliphatic rings. The minimum absolute atomic E-state index is 0.00736. The number of nitrogens with one attached hydrogen (secondary N) is 1. The van der Waals surface area contributed by atoms with Crippen LogP contribution in [0.2, 0.25) is 0 Å². The maximum atomic E-state index is 14.0. The molecule has 2 N–H and O–H groups in total. The molecule has 0 bridgehead atoms. The number of carbonyl (C=O) groups excluding carboxylic acids is 1. The van der Waals surface area contributed by atoms with Gasteiger partial charge in [0, 0.05) is 35.4 Å². The van der Waals surface area contributed by atoms with Crippen LogP contribution in [0.25, 0.3) is 10.1 Å². The van der Waals surface area contributed by atoms with Gasteiger partial charge in [-0.2, -0.15) is 0 Å². The lowest BCUT2D eigenvalue weighted by molar-refractivity contribution is 0.0934. The highest BCUT2D eigenvalue weighted by molar-refractivity contribution is 7.21. The van der Waals surface area contributed by atoms with Crippen LogP contribution in [0.5, 0.6) is 0 Å². The van der Waals surface area contributed by atoms with Gasteiger partial charge in [-0.3, -0.25) is 4.79 Å². The fourth-order valence-electron chi connectivity index (χ4n) is 2.19. The number of hydrogen-bond acceptors (Lipinski definition) is 4. The molecule has 0 spiro atoms. The summed E-state index contributed by atoms with van der Waals surface area (Å²) in [5, 5.41) is 12.1. The van der Waals surface area contributed by atoms with E-state index in [1.165, 1.54) is 24.5 Å². The lowest BCUT2D eigenvalue weighted by atomic mass is 10.1. The molecule has 1 amide bonds. The zero-order valence-electron chi connectivity index (χ0n) is 12.0. The van der Waals surface area contributed by atoms with E-state index >= 15 is 0 Å². The van der Waals surface area contributed by atoms with Crippen molar-refractivity contribution in [2.45, 2.75) is 26.0 Å². The van der Waals surface area contributed by atoms with E-state index < -0.39 is 0 Å². The van der Waals surface area contributed by atoms with Crippen molar-refractivity contribution in [1.29, 1.82) is 0 Å². The van der Waals surface area contributed by atoms with Crippen molar-refractivity contribution in [3.8, 4) is 0 Å². The molecule has 0 fully saturated rings. The molecular weight excluding hydrogens is 293 g/mol. The number of amides is 1. The molecule has 0 aliphatic carbocycles. The Kier molecular flexibility index (Phi) is 5.27. The molecule has 0 aliphatic heterocycles. The Morgan fingerprint density at radius 3 is 2.95 bits per heavy atom. The summed E-state index contributed by atoms with van der Waals surface area (Å²) in [4.78, 5) is 12.8. The first-order valence-electron chi connectivity index (χ1n) is 6.69. The lowest BCUT2D eigenvalue weighted by Crippen LogP contribution is -2.33. The molecule has 1 unspecified atom stereocenters. The number of aliphatic hydroxyl groups excluding tert-OH is 1. The van der Waals surface area contributed by atoms with Crippen LogP contribution in [-0.2, 0) is 11.3 Å². The fourth-order valence-corrected chi connectivity index (χ4v) is 3.31. The number of halogens is 1. The standard InChI is InChI=1S/C15H18FNO3S/c1-9(6-7-18)17-15(19)14-10(8-20-2)13-11(16)4-3-5-12(13)21-14/h3-5,9,18H,6-8H2,1-2H3,(H,17,19). The summed E-state index contributed by atoms with van der Waals surface area (Å²) < 4.78 is 19.9. The van der Waals surface area contributed by atoms with Gasteiger partial charge in [0.15, 0.2) is 0 Å². The Balaban J connectivity index is 2.40. The van der Waals surface area contributed by atoms with Gasteiger partial charge in [-0.15, -0.1) is 11.3 Å². The topological polar surface area (TPSA) is 58.6 Å². The second-order valence-electron chi connectivity index (χ2n) is 4.84. The highest BCUT2D eigenvalue weighted by Gasteiger charge is 2.21. The smallest absolute Gasteiger partial charge is 0.261 e. The summed E-state index contributed by atoms with van der Waals surface area (Å²) in [6.07, 6.45) is 0.477. The van der Waals surface area contributed by atoms with E-state index in [0.29, 0.717) is 22.2 Å². The Morgan fingerprint density at radius 1 is 1.52 bits per heavy atom. The van der Waals surface area contributed by atoms with Crippen LogP contribution < -0.4 is 5.32 Å². The molecule has 6 heteroatoms. The van der Waals surface area contributed by atoms with Gasteiger partial charge >= 0.3 is 0 Å². The maximum absolute atomic E-state index is 14.0. The highest BCUT2D eigenvalue weighted by Crippen LogP contribution is 2.33. The summed E-state index contributed by atoms with van der Waals surface area (Å²) in [7, 11) is 1.51. The highest BCUT2D eigenvalue weighted by atomic mass is 32.1. The van der Waals surface area contributed by atoms with Crippen LogP contribution in [0.4, 0.5) is 4.39 Å². The van der Waals surface area contributed by atoms with Gasteiger partial charge in [0.25, 0.3) is 5.91 Å². The second-order valence-corrected chi connectivity index (χ2v) is 5.89. The molecule has 1 aromatic carbocycles. The third kappa shape index (κ3) is 3.40. The molecular formula is C15H18FNO3S. The van der Waals surface area contributed by atoms with Crippen molar-refractivity contribution in [1.82, 2.24) is 5.32 Å². The van der Waals surface area contributed by atoms with Crippen molar-refractivity contribution >= 4 is 27.3 Å². The van der Waals surface area contributed by atoms with Crippen LogP contribution >= 0.6 is 11.3 Å². The zero-order chi connectivity index (χ0) is 15.4. The van der Waals surface area contributed by atoms with Gasteiger partial charge in [-0.1, -0.05) is 6.07 Å². The van der Waals surface area contributed by atoms with Crippen molar-refractivity contribution in [3.63, 3.8) is 0 Å². The minimum Gasteiger partial charge on any atom is -0.396 e. The number of rotatable bonds is 6. The van der Waals surface area contributed by atoms with Crippen LogP contribution in [0.1, 0.15) is 28.6 Å². The van der Waals surface area contributed by atoms with Gasteiger partial charge in [-0.05, 0) is 25.5 Å². The van der Waals surface area contributed by atoms with E-state index in [4.69, 9.17) is 9.84 Å². The fraction of sp³-hybridized carbons (Fsp3) is 0.400. The average molecular weight is 311 g/mol. The third-order valence-corrected chi connectivity index (χ3v) is 4.39. The largest absolute Gasteiger partial charge is 0.396 e. The number of aliphatic hydroxyl groups is 1. The number of benzene rings is 1. The molecule has 0 radical (unpaired) electrons. The normalized spacial score (nSPS) is 12.6. The Labute approximate surface area is 126 Å². The number of carbonyl (C=O) groups is 1. The van der Waals surface area contributed by atoms with Gasteiger partial charge in [0.05, 0.1) is 11.5 Å². The molecule has 1 atom stereocenters. The van der Waals surface area contributed by atoms with E-state index in [1.54, 1.807) is 12.1 Å². The molecule has 2 rings (SSSR count). The Hall–Kier alpha value is -1.50. The van der Waals surface area contributed by atoms with Crippen molar-refractivity contribution < 1.29 is 19.0 Å². The third-order valence-electron chi connectivity index (χ3n) is 3.20. The zero-order valence-corrected chi connectivity index (χ0v) is 12.8. The molecule has 21 heavy (non-hydrogen) atoms. The number of methoxy groups -OCH3 is 1. The molecule has 1 heterocycles. The molecule has 2 aromatic rings. The van der Waals surface area contributed by atoms with Crippen molar-refractivity contribution in [2.75, 3.05) is 13.7 Å². The SMILES string of the molecule is COCc1c(C(=O)NC(C)CCO)sc2cccc(F)c12. The van der Waals surface area contributed by atoms with Crippen LogP contribution in [0, 0.1) is 5.82 Å². The van der Waals surface area contributed by atoms with Gasteiger partial charge in [0.1, 0.15) is 5.82 Å². The Morgan fingerprint density at radius 2 is 2.29 bits per heavy atom. The van der Waals surface area contributed by atoms with Crippen molar-refractivity contribution in [2.24, 2.45) is 0 Å². The number of fused-ring (bicyclic) bond motifs is 1. The molecule has 0 saturated carbocycles. The van der Waals surface area contributed by atoms with E-state index in [2.05, 4.69) is 5.32 Å². The van der Waals surface area contributed by atoms with E-state index in [9.17, 15) is 9.18 Å². The summed E-state index contributed by atoms with van der Waals surface area (Å²) >= 11 is 1.25. The molecule has 1 aromatic heterocycles. The average Bonchev–Trinajstić information content (AvgIpc) is 2.80. The monoisotopic (exact) mass is 311 g/mol. The maximum Gasteiger partial charge on any atom is 0.261 e. The first-order chi connectivity index (χ1) is 10.1. The summed E-state index contributed by atoms with van der Waals surface area (Å²) in [5.74, 6) is -0.609. The van der Waals surface area contributed by atoms with Crippen LogP contribution in [0.3, 0.4) is 0 Å². The van der Waals surface area contributed by atoms with E-state index in [0.717, 1.165) is 4.70 Å². The van der Waals surface area contributed by atoms with Crippen LogP contribution in [0.15, 0.2) is 18.2 Å². The predicted molar refractivity (Wildman–Crippen MR) is 81.1 cm³/mol. The quantitative estimate of drug-likeness (QED) is 0.862. The summed E-state index contributed by atoms with van der Waals surface area (Å²) in [5.41, 5.74) is 0.573. The van der Waals surface area contributed by atoms with Crippen molar-refractivity contribution in [3.05, 3.63) is 34.5 Å². The first kappa shape index (κ1) is 15.9.